The second-order valence-electron chi connectivity index (χ2n) is 4.16. The first-order chi connectivity index (χ1) is 8.58. The average Bonchev–Trinajstić information content (AvgIpc) is 2.36. The number of nitrogens with zero attached hydrogens (tertiary/aromatic N) is 1. The van der Waals surface area contributed by atoms with E-state index in [0.29, 0.717) is 25.2 Å². The van der Waals surface area contributed by atoms with Gasteiger partial charge in [-0.05, 0) is 24.7 Å². The molecule has 0 aliphatic heterocycles. The van der Waals surface area contributed by atoms with Crippen molar-refractivity contribution in [3.05, 3.63) is 29.6 Å². The van der Waals surface area contributed by atoms with Crippen LogP contribution in [0.25, 0.3) is 0 Å². The third-order valence-corrected chi connectivity index (χ3v) is 2.76. The largest absolute Gasteiger partial charge is 0.372 e. The van der Waals surface area contributed by atoms with E-state index in [9.17, 15) is 9.18 Å². The third-order valence-electron chi connectivity index (χ3n) is 2.76. The number of halogens is 1. The van der Waals surface area contributed by atoms with Crippen molar-refractivity contribution in [2.75, 3.05) is 32.6 Å². The molecule has 1 amide bonds. The summed E-state index contributed by atoms with van der Waals surface area (Å²) in [6.07, 6.45) is 0.352. The maximum Gasteiger partial charge on any atom is 0.221 e. The van der Waals surface area contributed by atoms with Crippen LogP contribution in [-0.4, -0.2) is 33.6 Å². The summed E-state index contributed by atoms with van der Waals surface area (Å²) in [5.41, 5.74) is 1.41. The molecule has 0 atom stereocenters. The van der Waals surface area contributed by atoms with Gasteiger partial charge in [-0.3, -0.25) is 4.79 Å². The molecule has 0 heterocycles. The molecule has 1 aromatic rings. The van der Waals surface area contributed by atoms with Gasteiger partial charge >= 0.3 is 0 Å². The van der Waals surface area contributed by atoms with Crippen LogP contribution in [0.4, 0.5) is 10.1 Å². The number of carbonyl (C=O) groups is 1. The van der Waals surface area contributed by atoms with E-state index >= 15 is 0 Å². The van der Waals surface area contributed by atoms with Crippen molar-refractivity contribution in [1.82, 2.24) is 10.6 Å². The lowest BCUT2D eigenvalue weighted by atomic mass is 10.2. The maximum absolute atomic E-state index is 13.9. The molecule has 0 aromatic heterocycles. The molecule has 1 rings (SSSR count). The Balaban J connectivity index is 2.68. The zero-order valence-electron chi connectivity index (χ0n) is 11.1. The highest BCUT2D eigenvalue weighted by molar-refractivity contribution is 5.76. The van der Waals surface area contributed by atoms with Crippen LogP contribution >= 0.6 is 0 Å². The third kappa shape index (κ3) is 4.00. The molecule has 0 aliphatic carbocycles. The summed E-state index contributed by atoms with van der Waals surface area (Å²) in [7, 11) is 5.19. The quantitative estimate of drug-likeness (QED) is 0.798. The van der Waals surface area contributed by atoms with Crippen molar-refractivity contribution in [2.45, 2.75) is 13.0 Å². The average molecular weight is 253 g/mol. The molecular weight excluding hydrogens is 233 g/mol. The molecular formula is C13H20FN3O. The van der Waals surface area contributed by atoms with E-state index in [-0.39, 0.29) is 11.7 Å². The topological polar surface area (TPSA) is 44.4 Å². The van der Waals surface area contributed by atoms with Crippen molar-refractivity contribution < 1.29 is 9.18 Å². The van der Waals surface area contributed by atoms with Crippen LogP contribution in [-0.2, 0) is 11.3 Å². The summed E-state index contributed by atoms with van der Waals surface area (Å²) in [5, 5.41) is 5.52. The van der Waals surface area contributed by atoms with Crippen molar-refractivity contribution in [1.29, 1.82) is 0 Å². The molecule has 0 saturated heterocycles. The zero-order chi connectivity index (χ0) is 13.5. The van der Waals surface area contributed by atoms with Gasteiger partial charge in [0.25, 0.3) is 0 Å². The van der Waals surface area contributed by atoms with E-state index in [0.717, 1.165) is 5.56 Å². The molecule has 100 valence electrons. The number of hydrogen-bond donors (Lipinski definition) is 2. The Kier molecular flexibility index (Phi) is 5.58. The predicted octanol–water partition coefficient (Wildman–Crippen LogP) is 1.12. The Hall–Kier alpha value is -1.62. The number of amides is 1. The van der Waals surface area contributed by atoms with E-state index in [2.05, 4.69) is 10.6 Å². The van der Waals surface area contributed by atoms with Gasteiger partial charge in [-0.25, -0.2) is 4.39 Å². The smallest absolute Gasteiger partial charge is 0.221 e. The van der Waals surface area contributed by atoms with E-state index in [1.165, 1.54) is 6.07 Å². The molecule has 0 aliphatic rings. The first-order valence-corrected chi connectivity index (χ1v) is 5.93. The summed E-state index contributed by atoms with van der Waals surface area (Å²) in [4.78, 5) is 12.9. The van der Waals surface area contributed by atoms with Crippen LogP contribution in [0.15, 0.2) is 18.2 Å². The molecule has 0 fully saturated rings. The van der Waals surface area contributed by atoms with E-state index < -0.39 is 0 Å². The van der Waals surface area contributed by atoms with E-state index in [1.807, 2.05) is 13.1 Å². The molecule has 2 N–H and O–H groups in total. The van der Waals surface area contributed by atoms with Crippen LogP contribution in [0.1, 0.15) is 12.0 Å². The Morgan fingerprint density at radius 1 is 1.39 bits per heavy atom. The van der Waals surface area contributed by atoms with Gasteiger partial charge in [0, 0.05) is 33.6 Å². The molecule has 5 heteroatoms. The molecule has 18 heavy (non-hydrogen) atoms. The van der Waals surface area contributed by atoms with Gasteiger partial charge in [-0.15, -0.1) is 0 Å². The minimum absolute atomic E-state index is 0.0472. The van der Waals surface area contributed by atoms with Gasteiger partial charge in [-0.2, -0.15) is 0 Å². The van der Waals surface area contributed by atoms with E-state index in [4.69, 9.17) is 0 Å². The van der Waals surface area contributed by atoms with Gasteiger partial charge in [0.15, 0.2) is 0 Å². The number of rotatable bonds is 6. The molecule has 4 nitrogen and oxygen atoms in total. The molecule has 0 saturated carbocycles. The summed E-state index contributed by atoms with van der Waals surface area (Å²) >= 11 is 0. The number of nitrogens with one attached hydrogen (secondary N) is 2. The van der Waals surface area contributed by atoms with Crippen molar-refractivity contribution in [3.8, 4) is 0 Å². The van der Waals surface area contributed by atoms with Gasteiger partial charge in [0.2, 0.25) is 5.91 Å². The first kappa shape index (κ1) is 14.4. The Bertz CT molecular complexity index is 409. The summed E-state index contributed by atoms with van der Waals surface area (Å²) in [6.45, 7) is 1.13. The summed E-state index contributed by atoms with van der Waals surface area (Å²) < 4.78 is 13.9. The van der Waals surface area contributed by atoms with Crippen LogP contribution in [0.3, 0.4) is 0 Å². The lowest BCUT2D eigenvalue weighted by Gasteiger charge is -2.20. The number of anilines is 1. The Labute approximate surface area is 107 Å². The molecule has 1 aromatic carbocycles. The number of carbonyl (C=O) groups excluding carboxylic acids is 1. The molecule has 0 bridgehead atoms. The highest BCUT2D eigenvalue weighted by Gasteiger charge is 2.09. The minimum Gasteiger partial charge on any atom is -0.372 e. The van der Waals surface area contributed by atoms with Gasteiger partial charge in [0.1, 0.15) is 5.82 Å². The van der Waals surface area contributed by atoms with Gasteiger partial charge in [-0.1, -0.05) is 6.07 Å². The summed E-state index contributed by atoms with van der Waals surface area (Å²) in [5.74, 6) is -0.309. The first-order valence-electron chi connectivity index (χ1n) is 5.93. The minimum atomic E-state index is -0.262. The van der Waals surface area contributed by atoms with Crippen LogP contribution in [0.2, 0.25) is 0 Å². The Morgan fingerprint density at radius 3 is 2.67 bits per heavy atom. The van der Waals surface area contributed by atoms with Crippen LogP contribution < -0.4 is 15.5 Å². The highest BCUT2D eigenvalue weighted by atomic mass is 19.1. The molecule has 0 spiro atoms. The van der Waals surface area contributed by atoms with Crippen molar-refractivity contribution in [3.63, 3.8) is 0 Å². The number of benzene rings is 1. The predicted molar refractivity (Wildman–Crippen MR) is 71.1 cm³/mol. The van der Waals surface area contributed by atoms with E-state index in [1.54, 1.807) is 25.1 Å². The van der Waals surface area contributed by atoms with Crippen molar-refractivity contribution in [2.24, 2.45) is 0 Å². The zero-order valence-corrected chi connectivity index (χ0v) is 11.1. The van der Waals surface area contributed by atoms with Gasteiger partial charge in [0.05, 0.1) is 5.69 Å². The maximum atomic E-state index is 13.9. The monoisotopic (exact) mass is 253 g/mol. The second-order valence-corrected chi connectivity index (χ2v) is 4.16. The summed E-state index contributed by atoms with van der Waals surface area (Å²) in [6, 6.07) is 5.14. The lowest BCUT2D eigenvalue weighted by molar-refractivity contribution is -0.120. The molecule has 0 radical (unpaired) electrons. The number of hydrogen-bond acceptors (Lipinski definition) is 3. The SMILES string of the molecule is CNCc1ccc(N(C)CCC(=O)NC)c(F)c1. The highest BCUT2D eigenvalue weighted by Crippen LogP contribution is 2.19. The normalized spacial score (nSPS) is 10.2. The fraction of sp³-hybridized carbons (Fsp3) is 0.462. The Morgan fingerprint density at radius 2 is 2.11 bits per heavy atom. The second kappa shape index (κ2) is 6.96. The van der Waals surface area contributed by atoms with Crippen LogP contribution in [0, 0.1) is 5.82 Å². The fourth-order valence-electron chi connectivity index (χ4n) is 1.69. The van der Waals surface area contributed by atoms with Crippen LogP contribution in [0.5, 0.6) is 0 Å². The molecule has 0 unspecified atom stereocenters. The standard InChI is InChI=1S/C13H20FN3O/c1-15-9-10-4-5-12(11(14)8-10)17(3)7-6-13(18)16-2/h4-5,8,15H,6-7,9H2,1-3H3,(H,16,18). The fourth-order valence-corrected chi connectivity index (χ4v) is 1.69. The van der Waals surface area contributed by atoms with Gasteiger partial charge < -0.3 is 15.5 Å². The van der Waals surface area contributed by atoms with Crippen molar-refractivity contribution >= 4 is 11.6 Å². The lowest BCUT2D eigenvalue weighted by Crippen LogP contribution is -2.26.